The average Bonchev–Trinajstić information content (AvgIpc) is 2.33. The molecule has 102 valence electrons. The second kappa shape index (κ2) is 6.58. The first-order valence-corrected chi connectivity index (χ1v) is 7.38. The molecule has 0 aromatic heterocycles. The maximum absolute atomic E-state index is 9.59. The van der Waals surface area contributed by atoms with Crippen molar-refractivity contribution in [3.05, 3.63) is 27.7 Å². The fraction of sp³-hybridized carbons (Fsp3) is 0.600. The number of hydrogen-bond donors (Lipinski definition) is 2. The molecule has 0 fully saturated rings. The summed E-state index contributed by atoms with van der Waals surface area (Å²) in [5.41, 5.74) is 3.61. The van der Waals surface area contributed by atoms with Gasteiger partial charge < -0.3 is 10.4 Å². The van der Waals surface area contributed by atoms with Crippen molar-refractivity contribution >= 4 is 21.6 Å². The molecule has 0 radical (unpaired) electrons. The zero-order valence-electron chi connectivity index (χ0n) is 11.8. The van der Waals surface area contributed by atoms with Crippen LogP contribution in [0.3, 0.4) is 0 Å². The molecule has 0 unspecified atom stereocenters. The van der Waals surface area contributed by atoms with Gasteiger partial charge in [0.1, 0.15) is 0 Å². The smallest absolute Gasteiger partial charge is 0.0514 e. The Morgan fingerprint density at radius 1 is 1.22 bits per heavy atom. The molecule has 2 N–H and O–H groups in total. The van der Waals surface area contributed by atoms with Crippen LogP contribution in [0.5, 0.6) is 0 Å². The molecule has 0 atom stereocenters. The lowest BCUT2D eigenvalue weighted by Crippen LogP contribution is -2.32. The van der Waals surface area contributed by atoms with Crippen LogP contribution < -0.4 is 5.32 Å². The van der Waals surface area contributed by atoms with Crippen molar-refractivity contribution in [1.29, 1.82) is 0 Å². The number of aliphatic hydroxyl groups is 1. The van der Waals surface area contributed by atoms with Crippen LogP contribution in [0.1, 0.15) is 37.8 Å². The minimum absolute atomic E-state index is 0.0171. The number of nitrogens with one attached hydrogen (secondary N) is 1. The Morgan fingerprint density at radius 3 is 2.28 bits per heavy atom. The van der Waals surface area contributed by atoms with Gasteiger partial charge in [-0.3, -0.25) is 0 Å². The lowest BCUT2D eigenvalue weighted by atomic mass is 9.83. The van der Waals surface area contributed by atoms with Gasteiger partial charge in [-0.15, -0.1) is 0 Å². The van der Waals surface area contributed by atoms with Gasteiger partial charge in [-0.25, -0.2) is 0 Å². The highest BCUT2D eigenvalue weighted by Crippen LogP contribution is 2.31. The van der Waals surface area contributed by atoms with E-state index >= 15 is 0 Å². The molecule has 0 amide bonds. The summed E-state index contributed by atoms with van der Waals surface area (Å²) in [6.07, 6.45) is 1.96. The summed E-state index contributed by atoms with van der Waals surface area (Å²) in [6, 6.07) is 4.29. The summed E-state index contributed by atoms with van der Waals surface area (Å²) in [7, 11) is 0. The summed E-state index contributed by atoms with van der Waals surface area (Å²) in [4.78, 5) is 0. The van der Waals surface area contributed by atoms with E-state index in [4.69, 9.17) is 0 Å². The summed E-state index contributed by atoms with van der Waals surface area (Å²) in [5.74, 6) is 0. The highest BCUT2D eigenvalue weighted by Gasteiger charge is 2.25. The van der Waals surface area contributed by atoms with Gasteiger partial charge in [-0.1, -0.05) is 19.9 Å². The van der Waals surface area contributed by atoms with Crippen molar-refractivity contribution in [2.45, 2.75) is 40.5 Å². The monoisotopic (exact) mass is 313 g/mol. The third-order valence-corrected chi connectivity index (χ3v) is 4.53. The predicted molar refractivity (Wildman–Crippen MR) is 82.2 cm³/mol. The van der Waals surface area contributed by atoms with Crippen molar-refractivity contribution in [1.82, 2.24) is 0 Å². The molecule has 18 heavy (non-hydrogen) atoms. The first-order valence-electron chi connectivity index (χ1n) is 6.59. The Morgan fingerprint density at radius 2 is 1.83 bits per heavy atom. The molecular weight excluding hydrogens is 290 g/mol. The number of anilines is 1. The fourth-order valence-electron chi connectivity index (χ4n) is 2.20. The summed E-state index contributed by atoms with van der Waals surface area (Å²) in [5, 5.41) is 13.1. The van der Waals surface area contributed by atoms with E-state index < -0.39 is 0 Å². The van der Waals surface area contributed by atoms with Crippen LogP contribution in [0, 0.1) is 19.3 Å². The third-order valence-electron chi connectivity index (χ3n) is 3.91. The van der Waals surface area contributed by atoms with Gasteiger partial charge in [0.15, 0.2) is 0 Å². The van der Waals surface area contributed by atoms with E-state index in [0.29, 0.717) is 0 Å². The normalized spacial score (nSPS) is 11.7. The fourth-order valence-corrected chi connectivity index (χ4v) is 3.01. The van der Waals surface area contributed by atoms with Crippen molar-refractivity contribution in [3.8, 4) is 0 Å². The molecule has 0 bridgehead atoms. The standard InChI is InChI=1S/C15H24BrNO/c1-5-15(6-2,10-18)9-17-14-12(4)7-11(3)8-13(14)16/h7-8,17-18H,5-6,9-10H2,1-4H3. The van der Waals surface area contributed by atoms with E-state index in [2.05, 4.69) is 61.1 Å². The summed E-state index contributed by atoms with van der Waals surface area (Å²) in [6.45, 7) is 9.52. The molecule has 2 nitrogen and oxygen atoms in total. The zero-order valence-corrected chi connectivity index (χ0v) is 13.4. The maximum Gasteiger partial charge on any atom is 0.0514 e. The van der Waals surface area contributed by atoms with E-state index in [9.17, 15) is 5.11 Å². The van der Waals surface area contributed by atoms with Crippen LogP contribution in [0.15, 0.2) is 16.6 Å². The highest BCUT2D eigenvalue weighted by molar-refractivity contribution is 9.10. The molecule has 0 spiro atoms. The minimum Gasteiger partial charge on any atom is -0.396 e. The van der Waals surface area contributed by atoms with Crippen LogP contribution in [-0.4, -0.2) is 18.3 Å². The molecule has 1 aromatic rings. The largest absolute Gasteiger partial charge is 0.396 e. The number of aliphatic hydroxyl groups excluding tert-OH is 1. The lowest BCUT2D eigenvalue weighted by molar-refractivity contribution is 0.127. The van der Waals surface area contributed by atoms with Crippen LogP contribution in [-0.2, 0) is 0 Å². The average molecular weight is 314 g/mol. The first kappa shape index (κ1) is 15.5. The van der Waals surface area contributed by atoms with Gasteiger partial charge in [-0.05, 0) is 59.8 Å². The van der Waals surface area contributed by atoms with Gasteiger partial charge in [0.05, 0.1) is 12.3 Å². The third kappa shape index (κ3) is 3.48. The van der Waals surface area contributed by atoms with E-state index in [1.807, 2.05) is 0 Å². The first-order chi connectivity index (χ1) is 8.48. The van der Waals surface area contributed by atoms with Gasteiger partial charge in [0.25, 0.3) is 0 Å². The quantitative estimate of drug-likeness (QED) is 0.821. The van der Waals surface area contributed by atoms with E-state index in [1.54, 1.807) is 0 Å². The number of halogens is 1. The second-order valence-electron chi connectivity index (χ2n) is 5.16. The van der Waals surface area contributed by atoms with Crippen LogP contribution >= 0.6 is 15.9 Å². The molecule has 0 aliphatic carbocycles. The van der Waals surface area contributed by atoms with Gasteiger partial charge in [-0.2, -0.15) is 0 Å². The number of hydrogen-bond acceptors (Lipinski definition) is 2. The predicted octanol–water partition coefficient (Wildman–Crippen LogP) is 4.28. The molecule has 1 aromatic carbocycles. The van der Waals surface area contributed by atoms with Crippen molar-refractivity contribution < 1.29 is 5.11 Å². The molecule has 0 heterocycles. The molecule has 0 saturated heterocycles. The second-order valence-corrected chi connectivity index (χ2v) is 6.01. The Balaban J connectivity index is 2.86. The molecule has 1 rings (SSSR count). The van der Waals surface area contributed by atoms with E-state index in [1.165, 1.54) is 11.1 Å². The molecular formula is C15H24BrNO. The van der Waals surface area contributed by atoms with Crippen molar-refractivity contribution in [2.75, 3.05) is 18.5 Å². The van der Waals surface area contributed by atoms with E-state index in [0.717, 1.165) is 29.5 Å². The molecule has 0 saturated carbocycles. The van der Waals surface area contributed by atoms with Crippen LogP contribution in [0.2, 0.25) is 0 Å². The van der Waals surface area contributed by atoms with Crippen LogP contribution in [0.4, 0.5) is 5.69 Å². The highest BCUT2D eigenvalue weighted by atomic mass is 79.9. The number of aryl methyl sites for hydroxylation is 2. The number of rotatable bonds is 6. The van der Waals surface area contributed by atoms with Gasteiger partial charge in [0.2, 0.25) is 0 Å². The Bertz CT molecular complexity index is 368. The topological polar surface area (TPSA) is 32.3 Å². The van der Waals surface area contributed by atoms with Crippen LogP contribution in [0.25, 0.3) is 0 Å². The Kier molecular flexibility index (Phi) is 5.67. The maximum atomic E-state index is 9.59. The Hall–Kier alpha value is -0.540. The summed E-state index contributed by atoms with van der Waals surface area (Å²) >= 11 is 3.61. The molecule has 0 aliphatic rings. The van der Waals surface area contributed by atoms with Crippen molar-refractivity contribution in [2.24, 2.45) is 5.41 Å². The van der Waals surface area contributed by atoms with Gasteiger partial charge in [0, 0.05) is 16.4 Å². The molecule has 3 heteroatoms. The number of benzene rings is 1. The van der Waals surface area contributed by atoms with Crippen molar-refractivity contribution in [3.63, 3.8) is 0 Å². The SMILES string of the molecule is CCC(CC)(CO)CNc1c(C)cc(C)cc1Br. The molecule has 0 aliphatic heterocycles. The Labute approximate surface area is 119 Å². The van der Waals surface area contributed by atoms with Gasteiger partial charge >= 0.3 is 0 Å². The lowest BCUT2D eigenvalue weighted by Gasteiger charge is -2.30. The summed E-state index contributed by atoms with van der Waals surface area (Å²) < 4.78 is 1.10. The zero-order chi connectivity index (χ0) is 13.8. The minimum atomic E-state index is -0.0171. The van der Waals surface area contributed by atoms with E-state index in [-0.39, 0.29) is 12.0 Å².